The van der Waals surface area contributed by atoms with Crippen LogP contribution in [0.3, 0.4) is 0 Å². The lowest BCUT2D eigenvalue weighted by molar-refractivity contribution is 0.0598. The molecule has 0 heterocycles. The van der Waals surface area contributed by atoms with Crippen molar-refractivity contribution in [2.75, 3.05) is 35.5 Å². The summed E-state index contributed by atoms with van der Waals surface area (Å²) < 4.78 is 27.7. The number of carbonyl (C=O) groups is 1. The largest absolute Gasteiger partial charge is 0.496 e. The van der Waals surface area contributed by atoms with Gasteiger partial charge >= 0.3 is 5.97 Å². The zero-order valence-electron chi connectivity index (χ0n) is 17.4. The van der Waals surface area contributed by atoms with E-state index in [1.54, 1.807) is 27.4 Å². The van der Waals surface area contributed by atoms with Gasteiger partial charge in [0, 0.05) is 16.5 Å². The van der Waals surface area contributed by atoms with Gasteiger partial charge in [-0.25, -0.2) is 4.79 Å². The summed E-state index contributed by atoms with van der Waals surface area (Å²) in [7, 11) is 7.55. The number of hydrogen-bond donors (Lipinski definition) is 0. The van der Waals surface area contributed by atoms with Crippen LogP contribution in [0.2, 0.25) is 0 Å². The lowest BCUT2D eigenvalue weighted by Gasteiger charge is -2.22. The van der Waals surface area contributed by atoms with E-state index in [1.165, 1.54) is 14.2 Å². The van der Waals surface area contributed by atoms with Crippen molar-refractivity contribution in [3.63, 3.8) is 0 Å². The Morgan fingerprint density at radius 1 is 0.793 bits per heavy atom. The molecule has 0 aliphatic rings. The molecule has 0 saturated carbocycles. The summed E-state index contributed by atoms with van der Waals surface area (Å²) in [6, 6.07) is 11.3. The average Bonchev–Trinajstić information content (AvgIpc) is 2.76. The summed E-state index contributed by atoms with van der Waals surface area (Å²) >= 11 is 0. The monoisotopic (exact) mass is 397 g/mol. The van der Waals surface area contributed by atoms with Crippen LogP contribution in [0.1, 0.15) is 15.9 Å². The van der Waals surface area contributed by atoms with E-state index in [2.05, 4.69) is 0 Å². The molecule has 0 spiro atoms. The number of methoxy groups -OCH3 is 5. The van der Waals surface area contributed by atoms with E-state index in [4.69, 9.17) is 23.7 Å². The highest BCUT2D eigenvalue weighted by molar-refractivity contribution is 6.13. The fraction of sp³-hybridized carbons (Fsp3) is 0.261. The van der Waals surface area contributed by atoms with Crippen LogP contribution in [-0.4, -0.2) is 41.5 Å². The van der Waals surface area contributed by atoms with Crippen LogP contribution in [0.25, 0.3) is 21.9 Å². The molecule has 152 valence electrons. The zero-order chi connectivity index (χ0) is 21.1. The van der Waals surface area contributed by atoms with E-state index >= 15 is 0 Å². The molecule has 0 bridgehead atoms. The van der Waals surface area contributed by atoms with Gasteiger partial charge in [0.1, 0.15) is 28.6 Å². The molecule has 0 N–H and O–H groups in total. The highest BCUT2D eigenvalue weighted by atomic mass is 16.6. The molecule has 0 amide bonds. The lowest BCUT2D eigenvalue weighted by Crippen LogP contribution is -2.09. The highest BCUT2D eigenvalue weighted by Gasteiger charge is 2.30. The van der Waals surface area contributed by atoms with E-state index in [0.717, 1.165) is 10.9 Å². The molecule has 3 rings (SSSR count). The summed E-state index contributed by atoms with van der Waals surface area (Å²) in [4.78, 5) is 12.9. The number of fused-ring (bicyclic) bond motifs is 1. The number of benzene rings is 3. The van der Waals surface area contributed by atoms with Crippen LogP contribution >= 0.6 is 0 Å². The second kappa shape index (κ2) is 8.31. The number of ether oxygens (including phenoxy) is 5. The van der Waals surface area contributed by atoms with Gasteiger partial charge in [-0.05, 0) is 24.6 Å². The Balaban J connectivity index is 2.61. The molecule has 0 saturated heterocycles. The van der Waals surface area contributed by atoms with E-state index in [9.17, 15) is 4.79 Å². The van der Waals surface area contributed by atoms with Crippen molar-refractivity contribution in [2.45, 2.75) is 6.92 Å². The van der Waals surface area contributed by atoms with Crippen molar-refractivity contribution < 1.29 is 28.5 Å². The lowest BCUT2D eigenvalue weighted by atomic mass is 9.93. The van der Waals surface area contributed by atoms with Crippen LogP contribution in [0.5, 0.6) is 23.0 Å². The Morgan fingerprint density at radius 3 is 2.07 bits per heavy atom. The van der Waals surface area contributed by atoms with Crippen LogP contribution in [0.4, 0.5) is 0 Å². The zero-order valence-corrected chi connectivity index (χ0v) is 17.4. The van der Waals surface area contributed by atoms with Crippen molar-refractivity contribution in [1.82, 2.24) is 0 Å². The van der Waals surface area contributed by atoms with Crippen molar-refractivity contribution in [2.24, 2.45) is 0 Å². The van der Waals surface area contributed by atoms with E-state index in [-0.39, 0.29) is 5.56 Å². The van der Waals surface area contributed by atoms with Gasteiger partial charge in [0.05, 0.1) is 40.9 Å². The molecule has 3 aromatic carbocycles. The van der Waals surface area contributed by atoms with Crippen molar-refractivity contribution in [3.8, 4) is 34.1 Å². The molecule has 0 unspecified atom stereocenters. The molecule has 0 atom stereocenters. The maximum atomic E-state index is 12.9. The first-order chi connectivity index (χ1) is 14.0. The van der Waals surface area contributed by atoms with E-state index in [1.807, 2.05) is 37.3 Å². The Labute approximate surface area is 169 Å². The van der Waals surface area contributed by atoms with Gasteiger partial charge in [-0.2, -0.15) is 0 Å². The summed E-state index contributed by atoms with van der Waals surface area (Å²) in [6.45, 7) is 1.97. The molecule has 6 nitrogen and oxygen atoms in total. The van der Waals surface area contributed by atoms with Crippen LogP contribution in [-0.2, 0) is 4.74 Å². The standard InChI is InChI=1S/C23H24O6/c1-13-10-11-14(17(12-13)26-3)19-20(23(24)29-6)22(28-5)18-15(21(19)27-4)8-7-9-16(18)25-2/h7-12H,1-6H3/i23+1. The Hall–Kier alpha value is -3.41. The Kier molecular flexibility index (Phi) is 5.82. The van der Waals surface area contributed by atoms with Gasteiger partial charge < -0.3 is 23.7 Å². The van der Waals surface area contributed by atoms with Gasteiger partial charge in [-0.1, -0.05) is 24.3 Å². The minimum absolute atomic E-state index is 0.242. The predicted molar refractivity (Wildman–Crippen MR) is 112 cm³/mol. The molecule has 6 heteroatoms. The van der Waals surface area contributed by atoms with Crippen molar-refractivity contribution in [1.29, 1.82) is 0 Å². The molecular weight excluding hydrogens is 373 g/mol. The van der Waals surface area contributed by atoms with Crippen LogP contribution in [0, 0.1) is 6.92 Å². The van der Waals surface area contributed by atoms with E-state index < -0.39 is 5.97 Å². The van der Waals surface area contributed by atoms with Gasteiger partial charge in [-0.3, -0.25) is 0 Å². The molecule has 0 radical (unpaired) electrons. The molecule has 0 aromatic heterocycles. The average molecular weight is 397 g/mol. The summed E-state index contributed by atoms with van der Waals surface area (Å²) in [6.07, 6.45) is 0. The Bertz CT molecular complexity index is 1070. The molecule has 0 aliphatic carbocycles. The van der Waals surface area contributed by atoms with E-state index in [0.29, 0.717) is 39.5 Å². The highest BCUT2D eigenvalue weighted by Crippen LogP contribution is 2.50. The van der Waals surface area contributed by atoms with Gasteiger partial charge in [0.2, 0.25) is 0 Å². The second-order valence-electron chi connectivity index (χ2n) is 6.39. The van der Waals surface area contributed by atoms with Gasteiger partial charge in [0.15, 0.2) is 0 Å². The third kappa shape index (κ3) is 3.31. The van der Waals surface area contributed by atoms with Gasteiger partial charge in [0.25, 0.3) is 0 Å². The fourth-order valence-electron chi connectivity index (χ4n) is 3.59. The van der Waals surface area contributed by atoms with Crippen LogP contribution in [0.15, 0.2) is 36.4 Å². The number of carbonyl (C=O) groups excluding carboxylic acids is 1. The first-order valence-corrected chi connectivity index (χ1v) is 9.00. The van der Waals surface area contributed by atoms with Crippen LogP contribution < -0.4 is 18.9 Å². The normalized spacial score (nSPS) is 10.6. The SMILES string of the molecule is COc1cc(C)ccc1-c1c([13C](=O)OC)c(OC)c2c(OC)cccc2c1OC. The number of rotatable bonds is 6. The summed E-state index contributed by atoms with van der Waals surface area (Å²) in [5.41, 5.74) is 2.50. The number of hydrogen-bond acceptors (Lipinski definition) is 6. The fourth-order valence-corrected chi connectivity index (χ4v) is 3.59. The topological polar surface area (TPSA) is 63.2 Å². The molecule has 0 aliphatic heterocycles. The smallest absolute Gasteiger partial charge is 0.342 e. The maximum absolute atomic E-state index is 12.9. The minimum atomic E-state index is -0.550. The second-order valence-corrected chi connectivity index (χ2v) is 6.39. The molecule has 0 fully saturated rings. The third-order valence-electron chi connectivity index (χ3n) is 4.85. The maximum Gasteiger partial charge on any atom is 0.342 e. The van der Waals surface area contributed by atoms with Crippen molar-refractivity contribution >= 4 is 16.7 Å². The van der Waals surface area contributed by atoms with Crippen molar-refractivity contribution in [3.05, 3.63) is 47.5 Å². The van der Waals surface area contributed by atoms with Gasteiger partial charge in [-0.15, -0.1) is 0 Å². The predicted octanol–water partition coefficient (Wildman–Crippen LogP) is 4.64. The molecular formula is C23H24O6. The first-order valence-electron chi connectivity index (χ1n) is 9.00. The third-order valence-corrected chi connectivity index (χ3v) is 4.85. The number of esters is 1. The molecule has 29 heavy (non-hydrogen) atoms. The molecule has 3 aromatic rings. The number of aryl methyl sites for hydroxylation is 1. The summed E-state index contributed by atoms with van der Waals surface area (Å²) in [5, 5.41) is 1.37. The minimum Gasteiger partial charge on any atom is -0.496 e. The summed E-state index contributed by atoms with van der Waals surface area (Å²) in [5.74, 6) is 1.47. The quantitative estimate of drug-likeness (QED) is 0.446. The Morgan fingerprint density at radius 2 is 1.48 bits per heavy atom. The first kappa shape index (κ1) is 20.3.